The predicted molar refractivity (Wildman–Crippen MR) is 97.5 cm³/mol. The number of aromatic nitrogens is 4. The maximum absolute atomic E-state index is 12.9. The van der Waals surface area contributed by atoms with Crippen LogP contribution in [0.15, 0.2) is 42.9 Å². The van der Waals surface area contributed by atoms with Gasteiger partial charge >= 0.3 is 0 Å². The van der Waals surface area contributed by atoms with Gasteiger partial charge in [-0.1, -0.05) is 11.6 Å². The molecular formula is C17H13ClFN5S. The van der Waals surface area contributed by atoms with Crippen LogP contribution in [0.1, 0.15) is 16.1 Å². The standard InChI is InChI=1S/C17H13ClFN5S/c18-15-14(6-10-7-22-16-13(10)2-1-5-20-16)25-17(24-15)23-9-12-4-3-11(19)8-21-12/h1-5,7-8H,6,9H2,(H,20,22)(H,23,24). The predicted octanol–water partition coefficient (Wildman–Crippen LogP) is 4.41. The van der Waals surface area contributed by atoms with Crippen LogP contribution in [0.2, 0.25) is 5.15 Å². The molecule has 0 spiro atoms. The molecule has 0 aliphatic heterocycles. The van der Waals surface area contributed by atoms with Crippen molar-refractivity contribution in [1.82, 2.24) is 19.9 Å². The Morgan fingerprint density at radius 2 is 2.16 bits per heavy atom. The Morgan fingerprint density at radius 3 is 3.00 bits per heavy atom. The summed E-state index contributed by atoms with van der Waals surface area (Å²) in [6, 6.07) is 6.96. The second kappa shape index (κ2) is 6.78. The summed E-state index contributed by atoms with van der Waals surface area (Å²) in [7, 11) is 0. The van der Waals surface area contributed by atoms with Gasteiger partial charge in [0.25, 0.3) is 0 Å². The Morgan fingerprint density at radius 1 is 1.24 bits per heavy atom. The zero-order chi connectivity index (χ0) is 17.2. The summed E-state index contributed by atoms with van der Waals surface area (Å²) in [5, 5.41) is 5.45. The highest BCUT2D eigenvalue weighted by Gasteiger charge is 2.13. The number of hydrogen-bond acceptors (Lipinski definition) is 5. The SMILES string of the molecule is Fc1ccc(CNc2nc(Cl)c(Cc3c[nH]c4ncccc34)s2)nc1. The topological polar surface area (TPSA) is 66.5 Å². The lowest BCUT2D eigenvalue weighted by Gasteiger charge is -2.01. The molecule has 4 heterocycles. The molecule has 4 rings (SSSR count). The summed E-state index contributed by atoms with van der Waals surface area (Å²) < 4.78 is 12.9. The fourth-order valence-electron chi connectivity index (χ4n) is 2.53. The van der Waals surface area contributed by atoms with Gasteiger partial charge in [-0.3, -0.25) is 4.98 Å². The van der Waals surface area contributed by atoms with Gasteiger partial charge in [-0.15, -0.1) is 11.3 Å². The maximum Gasteiger partial charge on any atom is 0.184 e. The lowest BCUT2D eigenvalue weighted by molar-refractivity contribution is 0.619. The van der Waals surface area contributed by atoms with Gasteiger partial charge in [0.2, 0.25) is 0 Å². The quantitative estimate of drug-likeness (QED) is 0.543. The molecule has 0 saturated carbocycles. The van der Waals surface area contributed by atoms with Crippen LogP contribution in [0.25, 0.3) is 11.0 Å². The first kappa shape index (κ1) is 16.0. The Kier molecular flexibility index (Phi) is 4.33. The molecule has 4 aromatic heterocycles. The lowest BCUT2D eigenvalue weighted by Crippen LogP contribution is -2.01. The normalized spacial score (nSPS) is 11.1. The summed E-state index contributed by atoms with van der Waals surface area (Å²) in [4.78, 5) is 16.8. The smallest absolute Gasteiger partial charge is 0.184 e. The molecule has 0 saturated heterocycles. The number of pyridine rings is 2. The first-order chi connectivity index (χ1) is 12.2. The number of nitrogens with zero attached hydrogens (tertiary/aromatic N) is 3. The maximum atomic E-state index is 12.9. The zero-order valence-electron chi connectivity index (χ0n) is 13.0. The Balaban J connectivity index is 1.49. The van der Waals surface area contributed by atoms with E-state index in [4.69, 9.17) is 11.6 Å². The van der Waals surface area contributed by atoms with Gasteiger partial charge in [0, 0.05) is 24.2 Å². The number of fused-ring (bicyclic) bond motifs is 1. The third-order valence-corrected chi connectivity index (χ3v) is 5.18. The van der Waals surface area contributed by atoms with E-state index in [-0.39, 0.29) is 5.82 Å². The molecule has 0 atom stereocenters. The van der Waals surface area contributed by atoms with Crippen LogP contribution in [0, 0.1) is 5.82 Å². The highest BCUT2D eigenvalue weighted by atomic mass is 35.5. The summed E-state index contributed by atoms with van der Waals surface area (Å²) in [6.45, 7) is 0.459. The number of thiazole rings is 1. The molecule has 0 aliphatic carbocycles. The molecule has 0 radical (unpaired) electrons. The fourth-order valence-corrected chi connectivity index (χ4v) is 3.72. The zero-order valence-corrected chi connectivity index (χ0v) is 14.5. The van der Waals surface area contributed by atoms with Crippen molar-refractivity contribution in [1.29, 1.82) is 0 Å². The molecule has 4 aromatic rings. The van der Waals surface area contributed by atoms with Crippen LogP contribution in [-0.2, 0) is 13.0 Å². The average molecular weight is 374 g/mol. The average Bonchev–Trinajstić information content (AvgIpc) is 3.19. The van der Waals surface area contributed by atoms with Crippen LogP contribution >= 0.6 is 22.9 Å². The highest BCUT2D eigenvalue weighted by Crippen LogP contribution is 2.31. The minimum absolute atomic E-state index is 0.350. The van der Waals surface area contributed by atoms with E-state index < -0.39 is 0 Å². The number of H-pyrrole nitrogens is 1. The first-order valence-corrected chi connectivity index (χ1v) is 8.79. The van der Waals surface area contributed by atoms with E-state index in [0.717, 1.165) is 27.2 Å². The summed E-state index contributed by atoms with van der Waals surface area (Å²) in [5.41, 5.74) is 2.72. The number of rotatable bonds is 5. The molecular weight excluding hydrogens is 361 g/mol. The van der Waals surface area contributed by atoms with E-state index in [9.17, 15) is 4.39 Å². The van der Waals surface area contributed by atoms with Gasteiger partial charge in [0.15, 0.2) is 5.13 Å². The van der Waals surface area contributed by atoms with Crippen molar-refractivity contribution in [2.75, 3.05) is 5.32 Å². The molecule has 0 aromatic carbocycles. The van der Waals surface area contributed by atoms with Gasteiger partial charge in [0.05, 0.1) is 23.3 Å². The molecule has 0 amide bonds. The van der Waals surface area contributed by atoms with Crippen molar-refractivity contribution in [3.05, 3.63) is 70.0 Å². The van der Waals surface area contributed by atoms with Gasteiger partial charge in [-0.2, -0.15) is 0 Å². The Bertz CT molecular complexity index is 1010. The Labute approximate surface area is 151 Å². The third-order valence-electron chi connectivity index (χ3n) is 3.75. The number of anilines is 1. The van der Waals surface area contributed by atoms with Crippen LogP contribution in [0.4, 0.5) is 9.52 Å². The minimum Gasteiger partial charge on any atom is -0.356 e. The van der Waals surface area contributed by atoms with E-state index in [0.29, 0.717) is 23.3 Å². The van der Waals surface area contributed by atoms with Gasteiger partial charge in [0.1, 0.15) is 16.6 Å². The van der Waals surface area contributed by atoms with E-state index >= 15 is 0 Å². The number of aromatic amines is 1. The second-order valence-corrected chi connectivity index (χ2v) is 6.89. The van der Waals surface area contributed by atoms with Crippen LogP contribution < -0.4 is 5.32 Å². The molecule has 0 bridgehead atoms. The molecule has 25 heavy (non-hydrogen) atoms. The summed E-state index contributed by atoms with van der Waals surface area (Å²) in [6.07, 6.45) is 5.58. The van der Waals surface area contributed by atoms with Crippen molar-refractivity contribution in [2.24, 2.45) is 0 Å². The largest absolute Gasteiger partial charge is 0.356 e. The van der Waals surface area contributed by atoms with Crippen molar-refractivity contribution in [3.8, 4) is 0 Å². The van der Waals surface area contributed by atoms with Crippen molar-refractivity contribution in [2.45, 2.75) is 13.0 Å². The van der Waals surface area contributed by atoms with E-state index in [2.05, 4.69) is 25.3 Å². The fraction of sp³-hybridized carbons (Fsp3) is 0.118. The molecule has 2 N–H and O–H groups in total. The van der Waals surface area contributed by atoms with Crippen molar-refractivity contribution >= 4 is 39.1 Å². The first-order valence-electron chi connectivity index (χ1n) is 7.59. The number of hydrogen-bond donors (Lipinski definition) is 2. The molecule has 0 fully saturated rings. The number of nitrogens with one attached hydrogen (secondary N) is 2. The van der Waals surface area contributed by atoms with Crippen LogP contribution in [0.5, 0.6) is 0 Å². The molecule has 0 aliphatic rings. The van der Waals surface area contributed by atoms with Crippen LogP contribution in [0.3, 0.4) is 0 Å². The van der Waals surface area contributed by atoms with Gasteiger partial charge < -0.3 is 10.3 Å². The number of halogens is 2. The third kappa shape index (κ3) is 3.47. The van der Waals surface area contributed by atoms with Crippen molar-refractivity contribution < 1.29 is 4.39 Å². The Hall–Kier alpha value is -2.51. The summed E-state index contributed by atoms with van der Waals surface area (Å²) in [5.74, 6) is -0.350. The van der Waals surface area contributed by atoms with Gasteiger partial charge in [-0.05, 0) is 29.8 Å². The van der Waals surface area contributed by atoms with E-state index in [1.807, 2.05) is 18.3 Å². The monoisotopic (exact) mass is 373 g/mol. The molecule has 126 valence electrons. The molecule has 0 unspecified atom stereocenters. The van der Waals surface area contributed by atoms with Gasteiger partial charge in [-0.25, -0.2) is 14.4 Å². The van der Waals surface area contributed by atoms with E-state index in [1.54, 1.807) is 12.3 Å². The highest BCUT2D eigenvalue weighted by molar-refractivity contribution is 7.16. The van der Waals surface area contributed by atoms with E-state index in [1.165, 1.54) is 23.6 Å². The lowest BCUT2D eigenvalue weighted by atomic mass is 10.1. The molecule has 8 heteroatoms. The second-order valence-electron chi connectivity index (χ2n) is 5.44. The minimum atomic E-state index is -0.350. The molecule has 5 nitrogen and oxygen atoms in total. The van der Waals surface area contributed by atoms with Crippen LogP contribution in [-0.4, -0.2) is 19.9 Å². The van der Waals surface area contributed by atoms with Crippen molar-refractivity contribution in [3.63, 3.8) is 0 Å². The summed E-state index contributed by atoms with van der Waals surface area (Å²) >= 11 is 7.78.